The number of rotatable bonds is 7. The summed E-state index contributed by atoms with van der Waals surface area (Å²) in [6.07, 6.45) is 2.58. The van der Waals surface area contributed by atoms with E-state index in [1.165, 1.54) is 5.56 Å². The van der Waals surface area contributed by atoms with Gasteiger partial charge in [0.2, 0.25) is 6.79 Å². The summed E-state index contributed by atoms with van der Waals surface area (Å²) >= 11 is 0. The lowest BCUT2D eigenvalue weighted by Gasteiger charge is -2.26. The van der Waals surface area contributed by atoms with Gasteiger partial charge in [0.15, 0.2) is 11.5 Å². The van der Waals surface area contributed by atoms with E-state index < -0.39 is 0 Å². The average molecular weight is 355 g/mol. The van der Waals surface area contributed by atoms with Crippen molar-refractivity contribution in [3.63, 3.8) is 0 Å². The fourth-order valence-corrected chi connectivity index (χ4v) is 3.62. The second-order valence-corrected chi connectivity index (χ2v) is 6.81. The lowest BCUT2D eigenvalue weighted by Crippen LogP contribution is -2.31. The van der Waals surface area contributed by atoms with Crippen LogP contribution in [0, 0.1) is 0 Å². The van der Waals surface area contributed by atoms with Gasteiger partial charge < -0.3 is 18.9 Å². The number of hydrogen-bond donors (Lipinski definition) is 0. The molecule has 0 radical (unpaired) electrons. The summed E-state index contributed by atoms with van der Waals surface area (Å²) in [7, 11) is 1.70. The standard InChI is InChI=1S/C21H25NO4/c1-23-19-11-21-20(25-15-26-21)10-17(19)13-22(14-18-8-5-9-24-18)12-16-6-3-2-4-7-16/h2-4,6-7,10-11,18H,5,8-9,12-15H2,1H3. The zero-order chi connectivity index (χ0) is 17.8. The number of benzene rings is 2. The van der Waals surface area contributed by atoms with Crippen LogP contribution in [0.25, 0.3) is 0 Å². The normalized spacial score (nSPS) is 18.5. The zero-order valence-electron chi connectivity index (χ0n) is 15.1. The van der Waals surface area contributed by atoms with Crippen molar-refractivity contribution in [1.82, 2.24) is 4.90 Å². The largest absolute Gasteiger partial charge is 0.496 e. The van der Waals surface area contributed by atoms with E-state index in [4.69, 9.17) is 18.9 Å². The Morgan fingerprint density at radius 3 is 2.62 bits per heavy atom. The van der Waals surface area contributed by atoms with E-state index in [1.54, 1.807) is 7.11 Å². The molecule has 1 saturated heterocycles. The molecule has 138 valence electrons. The highest BCUT2D eigenvalue weighted by Crippen LogP contribution is 2.38. The monoisotopic (exact) mass is 355 g/mol. The van der Waals surface area contributed by atoms with Crippen molar-refractivity contribution >= 4 is 0 Å². The van der Waals surface area contributed by atoms with Crippen molar-refractivity contribution in [3.8, 4) is 17.2 Å². The first-order valence-electron chi connectivity index (χ1n) is 9.16. The molecule has 1 unspecified atom stereocenters. The first kappa shape index (κ1) is 17.2. The van der Waals surface area contributed by atoms with Gasteiger partial charge in [-0.3, -0.25) is 4.90 Å². The molecule has 0 aromatic heterocycles. The highest BCUT2D eigenvalue weighted by Gasteiger charge is 2.23. The summed E-state index contributed by atoms with van der Waals surface area (Å²) in [4.78, 5) is 2.42. The van der Waals surface area contributed by atoms with Gasteiger partial charge >= 0.3 is 0 Å². The van der Waals surface area contributed by atoms with E-state index in [2.05, 4.69) is 35.2 Å². The van der Waals surface area contributed by atoms with Gasteiger partial charge in [-0.05, 0) is 24.5 Å². The Morgan fingerprint density at radius 2 is 1.88 bits per heavy atom. The van der Waals surface area contributed by atoms with Crippen molar-refractivity contribution in [1.29, 1.82) is 0 Å². The van der Waals surface area contributed by atoms with Gasteiger partial charge in [-0.2, -0.15) is 0 Å². The molecule has 0 saturated carbocycles. The van der Waals surface area contributed by atoms with Crippen LogP contribution >= 0.6 is 0 Å². The van der Waals surface area contributed by atoms with Gasteiger partial charge in [0, 0.05) is 37.9 Å². The molecule has 2 heterocycles. The smallest absolute Gasteiger partial charge is 0.231 e. The summed E-state index contributed by atoms with van der Waals surface area (Å²) in [5.74, 6) is 2.37. The number of nitrogens with zero attached hydrogens (tertiary/aromatic N) is 1. The highest BCUT2D eigenvalue weighted by molar-refractivity contribution is 5.51. The van der Waals surface area contributed by atoms with Crippen LogP contribution in [0.3, 0.4) is 0 Å². The van der Waals surface area contributed by atoms with Crippen LogP contribution in [0.5, 0.6) is 17.2 Å². The Bertz CT molecular complexity index is 728. The third-order valence-electron chi connectivity index (χ3n) is 4.90. The van der Waals surface area contributed by atoms with Gasteiger partial charge in [0.05, 0.1) is 13.2 Å². The Kier molecular flexibility index (Phi) is 5.27. The summed E-state index contributed by atoms with van der Waals surface area (Å²) in [5.41, 5.74) is 2.40. The third kappa shape index (κ3) is 3.94. The Labute approximate surface area is 154 Å². The number of methoxy groups -OCH3 is 1. The van der Waals surface area contributed by atoms with Crippen molar-refractivity contribution in [2.24, 2.45) is 0 Å². The molecule has 0 bridgehead atoms. The van der Waals surface area contributed by atoms with Crippen LogP contribution in [-0.4, -0.2) is 38.1 Å². The van der Waals surface area contributed by atoms with Crippen LogP contribution in [0.2, 0.25) is 0 Å². The fraction of sp³-hybridized carbons (Fsp3) is 0.429. The fourth-order valence-electron chi connectivity index (χ4n) is 3.62. The topological polar surface area (TPSA) is 40.2 Å². The van der Waals surface area contributed by atoms with Crippen LogP contribution in [-0.2, 0) is 17.8 Å². The molecular formula is C21H25NO4. The molecule has 2 aliphatic heterocycles. The van der Waals surface area contributed by atoms with Crippen molar-refractivity contribution in [3.05, 3.63) is 53.6 Å². The van der Waals surface area contributed by atoms with E-state index in [0.29, 0.717) is 6.10 Å². The Hall–Kier alpha value is -2.24. The molecule has 2 aliphatic rings. The van der Waals surface area contributed by atoms with E-state index >= 15 is 0 Å². The Morgan fingerprint density at radius 1 is 1.08 bits per heavy atom. The summed E-state index contributed by atoms with van der Waals surface area (Å²) in [5, 5.41) is 0. The van der Waals surface area contributed by atoms with Gasteiger partial charge in [0.1, 0.15) is 5.75 Å². The summed E-state index contributed by atoms with van der Waals surface area (Å²) in [6, 6.07) is 14.5. The van der Waals surface area contributed by atoms with Crippen LogP contribution < -0.4 is 14.2 Å². The number of ether oxygens (including phenoxy) is 4. The molecule has 1 atom stereocenters. The van der Waals surface area contributed by atoms with Gasteiger partial charge in [-0.25, -0.2) is 0 Å². The molecule has 1 fully saturated rings. The van der Waals surface area contributed by atoms with E-state index in [9.17, 15) is 0 Å². The SMILES string of the molecule is COc1cc2c(cc1CN(Cc1ccccc1)CC1CCCO1)OCO2. The lowest BCUT2D eigenvalue weighted by atomic mass is 10.1. The van der Waals surface area contributed by atoms with Gasteiger partial charge in [0.25, 0.3) is 0 Å². The average Bonchev–Trinajstić information content (AvgIpc) is 3.33. The second-order valence-electron chi connectivity index (χ2n) is 6.81. The molecule has 5 nitrogen and oxygen atoms in total. The molecule has 2 aromatic rings. The minimum atomic E-state index is 0.269. The number of hydrogen-bond acceptors (Lipinski definition) is 5. The van der Waals surface area contributed by atoms with Crippen LogP contribution in [0.15, 0.2) is 42.5 Å². The van der Waals surface area contributed by atoms with E-state index in [-0.39, 0.29) is 6.79 Å². The molecule has 5 heteroatoms. The Balaban J connectivity index is 1.55. The van der Waals surface area contributed by atoms with Crippen molar-refractivity contribution in [2.75, 3.05) is 27.1 Å². The van der Waals surface area contributed by atoms with Crippen LogP contribution in [0.1, 0.15) is 24.0 Å². The minimum absolute atomic E-state index is 0.269. The van der Waals surface area contributed by atoms with Gasteiger partial charge in [-0.1, -0.05) is 30.3 Å². The summed E-state index contributed by atoms with van der Waals surface area (Å²) < 4.78 is 22.5. The maximum atomic E-state index is 5.87. The third-order valence-corrected chi connectivity index (χ3v) is 4.90. The van der Waals surface area contributed by atoms with Gasteiger partial charge in [-0.15, -0.1) is 0 Å². The molecule has 0 spiro atoms. The molecule has 0 amide bonds. The molecule has 4 rings (SSSR count). The maximum Gasteiger partial charge on any atom is 0.231 e. The molecule has 0 aliphatic carbocycles. The minimum Gasteiger partial charge on any atom is -0.496 e. The second kappa shape index (κ2) is 7.98. The van der Waals surface area contributed by atoms with E-state index in [0.717, 1.165) is 61.9 Å². The maximum absolute atomic E-state index is 5.87. The van der Waals surface area contributed by atoms with Crippen molar-refractivity contribution < 1.29 is 18.9 Å². The first-order chi connectivity index (χ1) is 12.8. The molecule has 2 aromatic carbocycles. The zero-order valence-corrected chi connectivity index (χ0v) is 15.1. The summed E-state index contributed by atoms with van der Waals surface area (Å²) in [6.45, 7) is 3.70. The molecule has 0 N–H and O–H groups in total. The molecular weight excluding hydrogens is 330 g/mol. The first-order valence-corrected chi connectivity index (χ1v) is 9.16. The predicted molar refractivity (Wildman–Crippen MR) is 98.6 cm³/mol. The lowest BCUT2D eigenvalue weighted by molar-refractivity contribution is 0.0676. The number of fused-ring (bicyclic) bond motifs is 1. The quantitative estimate of drug-likeness (QED) is 0.759. The molecule has 26 heavy (non-hydrogen) atoms. The van der Waals surface area contributed by atoms with E-state index in [1.807, 2.05) is 12.1 Å². The van der Waals surface area contributed by atoms with Crippen molar-refractivity contribution in [2.45, 2.75) is 32.0 Å². The highest BCUT2D eigenvalue weighted by atomic mass is 16.7. The van der Waals surface area contributed by atoms with Crippen LogP contribution in [0.4, 0.5) is 0 Å². The predicted octanol–water partition coefficient (Wildman–Crippen LogP) is 3.61.